The minimum Gasteiger partial charge on any atom is -0.495 e. The number of anilines is 1. The average Bonchev–Trinajstić information content (AvgIpc) is 2.88. The molecule has 0 aliphatic carbocycles. The fourth-order valence-electron chi connectivity index (χ4n) is 2.88. The van der Waals surface area contributed by atoms with Crippen LogP contribution in [0, 0.1) is 0 Å². The number of nitrogens with one attached hydrogen (secondary N) is 1. The maximum absolute atomic E-state index is 12.1. The third-order valence-corrected chi connectivity index (χ3v) is 6.24. The number of carbonyl (C=O) groups is 1. The molecule has 0 bridgehead atoms. The fraction of sp³-hybridized carbons (Fsp3) is 0.562. The van der Waals surface area contributed by atoms with Crippen molar-refractivity contribution in [3.8, 4) is 5.75 Å². The molecule has 2 rings (SSSR count). The Hall–Kier alpha value is -1.31. The summed E-state index contributed by atoms with van der Waals surface area (Å²) in [7, 11) is -1.39. The van der Waals surface area contributed by atoms with Gasteiger partial charge in [-0.1, -0.05) is 18.5 Å². The average molecular weight is 375 g/mol. The van der Waals surface area contributed by atoms with Crippen LogP contribution in [0.5, 0.6) is 5.75 Å². The third kappa shape index (κ3) is 5.09. The number of hydrogen-bond donors (Lipinski definition) is 1. The van der Waals surface area contributed by atoms with Gasteiger partial charge in [-0.3, -0.25) is 9.69 Å². The molecule has 1 aromatic carbocycles. The number of sulfone groups is 1. The molecule has 0 saturated carbocycles. The van der Waals surface area contributed by atoms with Gasteiger partial charge in [0.25, 0.3) is 0 Å². The maximum atomic E-state index is 12.1. The molecule has 1 aromatic rings. The Morgan fingerprint density at radius 2 is 2.21 bits per heavy atom. The van der Waals surface area contributed by atoms with E-state index in [0.717, 1.165) is 6.54 Å². The number of carbonyl (C=O) groups excluding carboxylic acids is 1. The number of rotatable bonds is 7. The van der Waals surface area contributed by atoms with Crippen molar-refractivity contribution in [2.45, 2.75) is 25.8 Å². The fourth-order valence-corrected chi connectivity index (χ4v) is 4.89. The lowest BCUT2D eigenvalue weighted by molar-refractivity contribution is -0.116. The molecule has 1 unspecified atom stereocenters. The van der Waals surface area contributed by atoms with Crippen molar-refractivity contribution >= 4 is 33.0 Å². The van der Waals surface area contributed by atoms with E-state index >= 15 is 0 Å². The molecule has 0 spiro atoms. The highest BCUT2D eigenvalue weighted by atomic mass is 35.5. The van der Waals surface area contributed by atoms with Gasteiger partial charge in [-0.15, -0.1) is 0 Å². The SMILES string of the molecule is CCN(CCC(=O)Nc1ccc(OC)c(Cl)c1)C1CCS(=O)(=O)C1. The lowest BCUT2D eigenvalue weighted by atomic mass is 10.2. The van der Waals surface area contributed by atoms with Crippen molar-refractivity contribution in [2.75, 3.05) is 37.0 Å². The predicted molar refractivity (Wildman–Crippen MR) is 95.6 cm³/mol. The molecular formula is C16H23ClN2O4S. The van der Waals surface area contributed by atoms with Crippen LogP contribution in [0.4, 0.5) is 5.69 Å². The lowest BCUT2D eigenvalue weighted by Crippen LogP contribution is -2.38. The summed E-state index contributed by atoms with van der Waals surface area (Å²) in [5.74, 6) is 0.853. The van der Waals surface area contributed by atoms with Crippen LogP contribution in [0.1, 0.15) is 19.8 Å². The van der Waals surface area contributed by atoms with Crippen molar-refractivity contribution in [1.82, 2.24) is 4.90 Å². The summed E-state index contributed by atoms with van der Waals surface area (Å²) in [5, 5.41) is 3.23. The minimum atomic E-state index is -2.92. The summed E-state index contributed by atoms with van der Waals surface area (Å²) in [5.41, 5.74) is 0.609. The van der Waals surface area contributed by atoms with Crippen molar-refractivity contribution in [1.29, 1.82) is 0 Å². The molecule has 24 heavy (non-hydrogen) atoms. The first-order valence-corrected chi connectivity index (χ1v) is 10.1. The monoisotopic (exact) mass is 374 g/mol. The van der Waals surface area contributed by atoms with Crippen LogP contribution in [0.2, 0.25) is 5.02 Å². The van der Waals surface area contributed by atoms with E-state index < -0.39 is 9.84 Å². The van der Waals surface area contributed by atoms with Crippen LogP contribution in [0.25, 0.3) is 0 Å². The van der Waals surface area contributed by atoms with Crippen molar-refractivity contribution in [3.05, 3.63) is 23.2 Å². The highest BCUT2D eigenvalue weighted by Crippen LogP contribution is 2.27. The van der Waals surface area contributed by atoms with Crippen LogP contribution in [0.15, 0.2) is 18.2 Å². The van der Waals surface area contributed by atoms with Gasteiger partial charge in [-0.25, -0.2) is 8.42 Å². The number of halogens is 1. The number of methoxy groups -OCH3 is 1. The van der Waals surface area contributed by atoms with E-state index in [9.17, 15) is 13.2 Å². The van der Waals surface area contributed by atoms with E-state index in [1.54, 1.807) is 18.2 Å². The van der Waals surface area contributed by atoms with Crippen LogP contribution in [0.3, 0.4) is 0 Å². The number of benzene rings is 1. The van der Waals surface area contributed by atoms with E-state index in [-0.39, 0.29) is 23.5 Å². The first-order chi connectivity index (χ1) is 11.3. The molecule has 1 N–H and O–H groups in total. The molecule has 1 saturated heterocycles. The molecule has 0 radical (unpaired) electrons. The molecule has 8 heteroatoms. The zero-order valence-electron chi connectivity index (χ0n) is 13.9. The summed E-state index contributed by atoms with van der Waals surface area (Å²) in [6, 6.07) is 5.08. The smallest absolute Gasteiger partial charge is 0.225 e. The Bertz CT molecular complexity index is 693. The van der Waals surface area contributed by atoms with Crippen LogP contribution >= 0.6 is 11.6 Å². The second-order valence-electron chi connectivity index (χ2n) is 5.83. The summed E-state index contributed by atoms with van der Waals surface area (Å²) in [4.78, 5) is 14.2. The van der Waals surface area contributed by atoms with Gasteiger partial charge in [-0.05, 0) is 31.2 Å². The number of nitrogens with zero attached hydrogens (tertiary/aromatic N) is 1. The molecule has 1 fully saturated rings. The first-order valence-electron chi connectivity index (χ1n) is 7.92. The Morgan fingerprint density at radius 1 is 1.46 bits per heavy atom. The van der Waals surface area contributed by atoms with E-state index in [1.807, 2.05) is 6.92 Å². The highest BCUT2D eigenvalue weighted by Gasteiger charge is 2.31. The molecule has 1 aliphatic rings. The number of ether oxygens (including phenoxy) is 1. The summed E-state index contributed by atoms with van der Waals surface area (Å²) in [6.45, 7) is 3.24. The second kappa shape index (κ2) is 8.18. The van der Waals surface area contributed by atoms with E-state index in [0.29, 0.717) is 35.8 Å². The maximum Gasteiger partial charge on any atom is 0.225 e. The van der Waals surface area contributed by atoms with Crippen LogP contribution < -0.4 is 10.1 Å². The molecule has 0 aromatic heterocycles. The van der Waals surface area contributed by atoms with Crippen molar-refractivity contribution in [3.63, 3.8) is 0 Å². The Kier molecular flexibility index (Phi) is 6.48. The third-order valence-electron chi connectivity index (χ3n) is 4.19. The zero-order chi connectivity index (χ0) is 17.7. The summed E-state index contributed by atoms with van der Waals surface area (Å²) < 4.78 is 28.3. The van der Waals surface area contributed by atoms with Crippen molar-refractivity contribution in [2.24, 2.45) is 0 Å². The number of amides is 1. The molecule has 6 nitrogen and oxygen atoms in total. The van der Waals surface area contributed by atoms with E-state index in [2.05, 4.69) is 10.2 Å². The predicted octanol–water partition coefficient (Wildman–Crippen LogP) is 2.19. The molecule has 1 heterocycles. The highest BCUT2D eigenvalue weighted by molar-refractivity contribution is 7.91. The molecule has 134 valence electrons. The van der Waals surface area contributed by atoms with Crippen molar-refractivity contribution < 1.29 is 17.9 Å². The standard InChI is InChI=1S/C16H23ClN2O4S/c1-3-19(13-7-9-24(21,22)11-13)8-6-16(20)18-12-4-5-15(23-2)14(17)10-12/h4-5,10,13H,3,6-9,11H2,1-2H3,(H,18,20). The summed E-state index contributed by atoms with van der Waals surface area (Å²) in [6.07, 6.45) is 0.944. The van der Waals surface area contributed by atoms with Gasteiger partial charge in [0.1, 0.15) is 5.75 Å². The number of hydrogen-bond acceptors (Lipinski definition) is 5. The Balaban J connectivity index is 1.86. The second-order valence-corrected chi connectivity index (χ2v) is 8.47. The van der Waals surface area contributed by atoms with Gasteiger partial charge in [0.05, 0.1) is 23.6 Å². The summed E-state index contributed by atoms with van der Waals surface area (Å²) >= 11 is 6.03. The van der Waals surface area contributed by atoms with Gasteiger partial charge in [0.15, 0.2) is 9.84 Å². The topological polar surface area (TPSA) is 75.7 Å². The Labute approximate surface area is 148 Å². The lowest BCUT2D eigenvalue weighted by Gasteiger charge is -2.26. The largest absolute Gasteiger partial charge is 0.495 e. The Morgan fingerprint density at radius 3 is 2.75 bits per heavy atom. The molecule has 1 aliphatic heterocycles. The minimum absolute atomic E-state index is 0.0169. The zero-order valence-corrected chi connectivity index (χ0v) is 15.5. The van der Waals surface area contributed by atoms with Gasteiger partial charge < -0.3 is 10.1 Å². The molecular weight excluding hydrogens is 352 g/mol. The van der Waals surface area contributed by atoms with Gasteiger partial charge in [0.2, 0.25) is 5.91 Å². The van der Waals surface area contributed by atoms with Gasteiger partial charge in [0, 0.05) is 24.7 Å². The van der Waals surface area contributed by atoms with E-state index in [4.69, 9.17) is 16.3 Å². The quantitative estimate of drug-likeness (QED) is 0.791. The first kappa shape index (κ1) is 19.0. The molecule has 1 amide bonds. The van der Waals surface area contributed by atoms with Gasteiger partial charge >= 0.3 is 0 Å². The molecule has 1 atom stereocenters. The normalized spacial score (nSPS) is 19.4. The van der Waals surface area contributed by atoms with E-state index in [1.165, 1.54) is 7.11 Å². The van der Waals surface area contributed by atoms with Crippen LogP contribution in [-0.2, 0) is 14.6 Å². The van der Waals surface area contributed by atoms with Gasteiger partial charge in [-0.2, -0.15) is 0 Å². The van der Waals surface area contributed by atoms with Crippen LogP contribution in [-0.4, -0.2) is 57.0 Å².